The Labute approximate surface area is 118 Å². The van der Waals surface area contributed by atoms with E-state index in [1.54, 1.807) is 14.2 Å². The summed E-state index contributed by atoms with van der Waals surface area (Å²) in [7, 11) is 3.82. The molecule has 0 aliphatic rings. The van der Waals surface area contributed by atoms with Crippen molar-refractivity contribution in [2.45, 2.75) is 25.2 Å². The minimum Gasteiger partial charge on any atom is -0.417 e. The zero-order valence-electron chi connectivity index (χ0n) is 11.7. The standard InChI is InChI=1S/C15H22O3Si/c1-4-13-6-5-7-14(12-13)8-10-18-19-11-9-15(16-2)17-3/h4-7,12,15H,1,8-11H2,2-3H3. The third kappa shape index (κ3) is 6.68. The molecule has 0 unspecified atom stereocenters. The highest BCUT2D eigenvalue weighted by Gasteiger charge is 2.04. The molecule has 1 aromatic rings. The van der Waals surface area contributed by atoms with Gasteiger partial charge in [0.2, 0.25) is 9.76 Å². The van der Waals surface area contributed by atoms with Crippen LogP contribution in [0.3, 0.4) is 0 Å². The Morgan fingerprint density at radius 3 is 2.79 bits per heavy atom. The van der Waals surface area contributed by atoms with Gasteiger partial charge in [-0.1, -0.05) is 36.9 Å². The van der Waals surface area contributed by atoms with E-state index in [0.29, 0.717) is 9.76 Å². The van der Waals surface area contributed by atoms with Crippen LogP contribution >= 0.6 is 0 Å². The van der Waals surface area contributed by atoms with Gasteiger partial charge in [-0.3, -0.25) is 0 Å². The van der Waals surface area contributed by atoms with E-state index in [9.17, 15) is 0 Å². The molecule has 2 radical (unpaired) electrons. The van der Waals surface area contributed by atoms with Crippen LogP contribution in [0.1, 0.15) is 17.5 Å². The molecule has 3 nitrogen and oxygen atoms in total. The molecular formula is C15H22O3Si. The SMILES string of the molecule is C=Cc1cccc(CCO[Si]CCC(OC)OC)c1. The van der Waals surface area contributed by atoms with E-state index in [4.69, 9.17) is 13.9 Å². The Hall–Kier alpha value is -0.943. The molecule has 1 rings (SSSR count). The highest BCUT2D eigenvalue weighted by molar-refractivity contribution is 6.26. The Balaban J connectivity index is 2.12. The van der Waals surface area contributed by atoms with E-state index >= 15 is 0 Å². The summed E-state index contributed by atoms with van der Waals surface area (Å²) in [5, 5.41) is 0. The van der Waals surface area contributed by atoms with Gasteiger partial charge >= 0.3 is 0 Å². The third-order valence-electron chi connectivity index (χ3n) is 2.79. The van der Waals surface area contributed by atoms with Gasteiger partial charge in [0.15, 0.2) is 6.29 Å². The lowest BCUT2D eigenvalue weighted by Crippen LogP contribution is -2.14. The van der Waals surface area contributed by atoms with Crippen molar-refractivity contribution in [2.24, 2.45) is 0 Å². The minimum absolute atomic E-state index is 0.111. The summed E-state index contributed by atoms with van der Waals surface area (Å²) in [4.78, 5) is 0. The van der Waals surface area contributed by atoms with Crippen LogP contribution in [0.15, 0.2) is 30.8 Å². The van der Waals surface area contributed by atoms with Crippen molar-refractivity contribution in [3.05, 3.63) is 42.0 Å². The molecule has 0 spiro atoms. The molecule has 0 atom stereocenters. The first-order valence-electron chi connectivity index (χ1n) is 6.41. The van der Waals surface area contributed by atoms with Gasteiger partial charge in [-0.15, -0.1) is 0 Å². The molecule has 0 aromatic heterocycles. The summed E-state index contributed by atoms with van der Waals surface area (Å²) < 4.78 is 15.9. The van der Waals surface area contributed by atoms with Gasteiger partial charge in [0.25, 0.3) is 0 Å². The minimum atomic E-state index is -0.111. The Morgan fingerprint density at radius 1 is 1.32 bits per heavy atom. The summed E-state index contributed by atoms with van der Waals surface area (Å²) >= 11 is 0. The lowest BCUT2D eigenvalue weighted by molar-refractivity contribution is -0.103. The number of hydrogen-bond donors (Lipinski definition) is 0. The van der Waals surface area contributed by atoms with Crippen LogP contribution in [0.25, 0.3) is 6.08 Å². The summed E-state index contributed by atoms with van der Waals surface area (Å²) in [5.74, 6) is 0. The van der Waals surface area contributed by atoms with Gasteiger partial charge in [-0.25, -0.2) is 0 Å². The van der Waals surface area contributed by atoms with Crippen LogP contribution in [0.5, 0.6) is 0 Å². The summed E-state index contributed by atoms with van der Waals surface area (Å²) in [6.45, 7) is 4.53. The van der Waals surface area contributed by atoms with E-state index in [1.165, 1.54) is 5.56 Å². The van der Waals surface area contributed by atoms with Crippen molar-refractivity contribution in [3.8, 4) is 0 Å². The van der Waals surface area contributed by atoms with E-state index < -0.39 is 0 Å². The maximum atomic E-state index is 5.64. The van der Waals surface area contributed by atoms with Crippen molar-refractivity contribution >= 4 is 15.8 Å². The van der Waals surface area contributed by atoms with Crippen LogP contribution in [0.4, 0.5) is 0 Å². The smallest absolute Gasteiger partial charge is 0.229 e. The number of rotatable bonds is 10. The second-order valence-electron chi connectivity index (χ2n) is 4.13. The Bertz CT molecular complexity index is 364. The molecule has 0 bridgehead atoms. The van der Waals surface area contributed by atoms with Crippen LogP contribution in [-0.4, -0.2) is 36.9 Å². The lowest BCUT2D eigenvalue weighted by atomic mass is 10.1. The van der Waals surface area contributed by atoms with Crippen LogP contribution in [-0.2, 0) is 20.3 Å². The molecule has 104 valence electrons. The quantitative estimate of drug-likeness (QED) is 0.374. The molecule has 0 fully saturated rings. The molecule has 0 N–H and O–H groups in total. The van der Waals surface area contributed by atoms with Gasteiger partial charge < -0.3 is 13.9 Å². The van der Waals surface area contributed by atoms with E-state index in [0.717, 1.165) is 31.1 Å². The molecule has 0 aliphatic carbocycles. The fourth-order valence-electron chi connectivity index (χ4n) is 1.70. The molecular weight excluding hydrogens is 256 g/mol. The second kappa shape index (κ2) is 9.92. The number of hydrogen-bond acceptors (Lipinski definition) is 3. The van der Waals surface area contributed by atoms with Crippen molar-refractivity contribution in [2.75, 3.05) is 20.8 Å². The van der Waals surface area contributed by atoms with Crippen LogP contribution in [0.2, 0.25) is 6.04 Å². The van der Waals surface area contributed by atoms with Gasteiger partial charge in [-0.05, 0) is 30.0 Å². The third-order valence-corrected chi connectivity index (χ3v) is 3.69. The zero-order chi connectivity index (χ0) is 13.9. The molecule has 0 saturated carbocycles. The molecule has 1 aromatic carbocycles. The van der Waals surface area contributed by atoms with Gasteiger partial charge in [0.05, 0.1) is 0 Å². The maximum Gasteiger partial charge on any atom is 0.229 e. The van der Waals surface area contributed by atoms with E-state index in [-0.39, 0.29) is 6.29 Å². The predicted octanol–water partition coefficient (Wildman–Crippen LogP) is 2.94. The molecule has 0 saturated heterocycles. The van der Waals surface area contributed by atoms with E-state index in [2.05, 4.69) is 30.8 Å². The Kier molecular flexibility index (Phi) is 8.41. The van der Waals surface area contributed by atoms with Crippen molar-refractivity contribution in [3.63, 3.8) is 0 Å². The molecule has 19 heavy (non-hydrogen) atoms. The van der Waals surface area contributed by atoms with Crippen molar-refractivity contribution < 1.29 is 13.9 Å². The molecule has 0 aliphatic heterocycles. The first-order valence-corrected chi connectivity index (χ1v) is 7.53. The van der Waals surface area contributed by atoms with Gasteiger partial charge in [0, 0.05) is 20.8 Å². The first-order chi connectivity index (χ1) is 9.30. The van der Waals surface area contributed by atoms with Gasteiger partial charge in [-0.2, -0.15) is 0 Å². The fraction of sp³-hybridized carbons (Fsp3) is 0.467. The zero-order valence-corrected chi connectivity index (χ0v) is 12.7. The number of ether oxygens (including phenoxy) is 2. The lowest BCUT2D eigenvalue weighted by Gasteiger charge is -2.12. The van der Waals surface area contributed by atoms with Crippen molar-refractivity contribution in [1.82, 2.24) is 0 Å². The average molecular weight is 278 g/mol. The van der Waals surface area contributed by atoms with Crippen LogP contribution < -0.4 is 0 Å². The molecule has 0 amide bonds. The Morgan fingerprint density at radius 2 is 2.11 bits per heavy atom. The van der Waals surface area contributed by atoms with E-state index in [1.807, 2.05) is 6.08 Å². The van der Waals surface area contributed by atoms with Crippen LogP contribution in [0, 0.1) is 0 Å². The molecule has 0 heterocycles. The van der Waals surface area contributed by atoms with Gasteiger partial charge in [0.1, 0.15) is 0 Å². The highest BCUT2D eigenvalue weighted by Crippen LogP contribution is 2.07. The molecule has 4 heteroatoms. The number of benzene rings is 1. The normalized spacial score (nSPS) is 10.9. The fourth-order valence-corrected chi connectivity index (χ4v) is 2.44. The largest absolute Gasteiger partial charge is 0.417 e. The summed E-state index contributed by atoms with van der Waals surface area (Å²) in [6.07, 6.45) is 3.56. The summed E-state index contributed by atoms with van der Waals surface area (Å²) in [6, 6.07) is 9.33. The first kappa shape index (κ1) is 16.1. The average Bonchev–Trinajstić information content (AvgIpc) is 2.47. The predicted molar refractivity (Wildman–Crippen MR) is 79.2 cm³/mol. The van der Waals surface area contributed by atoms with Crippen molar-refractivity contribution in [1.29, 1.82) is 0 Å². The second-order valence-corrected chi connectivity index (χ2v) is 5.21. The highest BCUT2D eigenvalue weighted by atomic mass is 28.2. The summed E-state index contributed by atoms with van der Waals surface area (Å²) in [5.41, 5.74) is 2.44. The monoisotopic (exact) mass is 278 g/mol. The number of methoxy groups -OCH3 is 2. The topological polar surface area (TPSA) is 27.7 Å². The maximum absolute atomic E-state index is 5.64.